The number of carbonyl (C=O) groups is 2. The van der Waals surface area contributed by atoms with Gasteiger partial charge in [-0.1, -0.05) is 181 Å². The standard InChI is InChI=1S/C52H107N3O5Si.BrH/c1-9-14-16-18-20-22-24-26-28-30-32-34-36-40-45-54(46-41-37-35-33-31-29-27-25-23-21-19-17-15-10-2)52(57)50(6)53-51(56)44-39-38-42-47-55(7,8)48-43-49-61(58-11-3,59-12-4)60-13-5;/h50H,9-49H2,1-8H3;1H/t50-;/m0./s1. The molecule has 0 aromatic carbocycles. The summed E-state index contributed by atoms with van der Waals surface area (Å²) in [6, 6.07) is 0.375. The highest BCUT2D eigenvalue weighted by atomic mass is 79.9. The summed E-state index contributed by atoms with van der Waals surface area (Å²) < 4.78 is 19.1. The zero-order valence-corrected chi connectivity index (χ0v) is 45.5. The van der Waals surface area contributed by atoms with Crippen LogP contribution >= 0.6 is 0 Å². The van der Waals surface area contributed by atoms with Gasteiger partial charge in [-0.05, 0) is 59.8 Å². The van der Waals surface area contributed by atoms with E-state index in [0.29, 0.717) is 26.2 Å². The van der Waals surface area contributed by atoms with Crippen LogP contribution in [0.2, 0.25) is 6.04 Å². The Kier molecular flexibility index (Phi) is 46.8. The third-order valence-corrected chi connectivity index (χ3v) is 15.8. The van der Waals surface area contributed by atoms with Crippen LogP contribution in [0.1, 0.15) is 253 Å². The second kappa shape index (κ2) is 45.6. The molecule has 0 saturated heterocycles. The fourth-order valence-electron chi connectivity index (χ4n) is 8.81. The number of carbonyl (C=O) groups excluding carboxylic acids is 2. The van der Waals surface area contributed by atoms with Crippen LogP contribution in [0.15, 0.2) is 0 Å². The van der Waals surface area contributed by atoms with Crippen molar-refractivity contribution >= 4 is 20.6 Å². The molecular weight excluding hydrogens is 855 g/mol. The first-order valence-electron chi connectivity index (χ1n) is 26.9. The van der Waals surface area contributed by atoms with Crippen LogP contribution in [0, 0.1) is 0 Å². The molecule has 10 heteroatoms. The van der Waals surface area contributed by atoms with E-state index in [1.807, 2.05) is 27.7 Å². The molecule has 62 heavy (non-hydrogen) atoms. The van der Waals surface area contributed by atoms with Crippen LogP contribution < -0.4 is 22.3 Å². The smallest absolute Gasteiger partial charge is 0.501 e. The van der Waals surface area contributed by atoms with E-state index in [9.17, 15) is 9.59 Å². The van der Waals surface area contributed by atoms with Crippen molar-refractivity contribution < 1.29 is 44.3 Å². The van der Waals surface area contributed by atoms with E-state index in [1.165, 1.54) is 167 Å². The van der Waals surface area contributed by atoms with Gasteiger partial charge < -0.3 is 45.0 Å². The molecular formula is C52H108BrN3O5Si. The molecule has 0 rings (SSSR count). The Morgan fingerprint density at radius 1 is 0.484 bits per heavy atom. The molecule has 0 aliphatic carbocycles. The molecule has 0 heterocycles. The third kappa shape index (κ3) is 38.7. The topological polar surface area (TPSA) is 77.1 Å². The molecule has 0 fully saturated rings. The molecule has 0 aliphatic rings. The SMILES string of the molecule is CCCCCCCCCCCCCCCCN(CCCCCCCCCCCCCCCC)C(=O)[C@H](C)NC(=O)CCCCC[N+](C)(C)CCC[Si](OCC)(OCC)OCC.[Br-]. The summed E-state index contributed by atoms with van der Waals surface area (Å²) in [6.45, 7) is 18.1. The van der Waals surface area contributed by atoms with Crippen molar-refractivity contribution in [2.24, 2.45) is 0 Å². The second-order valence-corrected chi connectivity index (χ2v) is 21.8. The molecule has 0 bridgehead atoms. The highest BCUT2D eigenvalue weighted by Gasteiger charge is 2.40. The number of amides is 2. The molecule has 372 valence electrons. The van der Waals surface area contributed by atoms with Crippen LogP contribution in [0.5, 0.6) is 0 Å². The van der Waals surface area contributed by atoms with Crippen molar-refractivity contribution in [3.05, 3.63) is 0 Å². The van der Waals surface area contributed by atoms with Crippen LogP contribution in [0.3, 0.4) is 0 Å². The van der Waals surface area contributed by atoms with Gasteiger partial charge in [-0.25, -0.2) is 0 Å². The van der Waals surface area contributed by atoms with Crippen molar-refractivity contribution in [3.63, 3.8) is 0 Å². The largest absolute Gasteiger partial charge is 1.00 e. The predicted molar refractivity (Wildman–Crippen MR) is 265 cm³/mol. The van der Waals surface area contributed by atoms with Crippen LogP contribution in [0.25, 0.3) is 0 Å². The maximum atomic E-state index is 13.7. The molecule has 1 N–H and O–H groups in total. The van der Waals surface area contributed by atoms with E-state index in [4.69, 9.17) is 13.3 Å². The Morgan fingerprint density at radius 3 is 1.16 bits per heavy atom. The molecule has 2 amide bonds. The first kappa shape index (κ1) is 63.6. The number of nitrogens with one attached hydrogen (secondary N) is 1. The lowest BCUT2D eigenvalue weighted by Crippen LogP contribution is -3.00. The summed E-state index contributed by atoms with van der Waals surface area (Å²) in [7, 11) is 1.97. The quantitative estimate of drug-likeness (QED) is 0.0373. The van der Waals surface area contributed by atoms with Gasteiger partial charge in [0.2, 0.25) is 11.8 Å². The summed E-state index contributed by atoms with van der Waals surface area (Å²) in [5.74, 6) is 0.105. The number of hydrogen-bond acceptors (Lipinski definition) is 5. The number of hydrogen-bond donors (Lipinski definition) is 1. The van der Waals surface area contributed by atoms with E-state index < -0.39 is 14.8 Å². The minimum Gasteiger partial charge on any atom is -1.00 e. The van der Waals surface area contributed by atoms with Gasteiger partial charge in [0.05, 0.1) is 27.2 Å². The molecule has 0 aromatic heterocycles. The molecule has 8 nitrogen and oxygen atoms in total. The monoisotopic (exact) mass is 962 g/mol. The fraction of sp³-hybridized carbons (Fsp3) is 0.962. The van der Waals surface area contributed by atoms with Crippen LogP contribution in [-0.4, -0.2) is 96.1 Å². The van der Waals surface area contributed by atoms with Gasteiger partial charge >= 0.3 is 8.80 Å². The lowest BCUT2D eigenvalue weighted by atomic mass is 10.0. The highest BCUT2D eigenvalue weighted by Crippen LogP contribution is 2.20. The Bertz CT molecular complexity index is 928. The maximum absolute atomic E-state index is 13.7. The molecule has 1 atom stereocenters. The Morgan fingerprint density at radius 2 is 0.806 bits per heavy atom. The van der Waals surface area contributed by atoms with Crippen molar-refractivity contribution in [2.45, 2.75) is 266 Å². The van der Waals surface area contributed by atoms with E-state index in [2.05, 4.69) is 38.2 Å². The van der Waals surface area contributed by atoms with Crippen molar-refractivity contribution in [3.8, 4) is 0 Å². The molecule has 0 aliphatic heterocycles. The summed E-state index contributed by atoms with van der Waals surface area (Å²) in [5.41, 5.74) is 0. The van der Waals surface area contributed by atoms with Gasteiger partial charge in [-0.2, -0.15) is 0 Å². The lowest BCUT2D eigenvalue weighted by Gasteiger charge is -2.32. The Labute approximate surface area is 399 Å². The summed E-state index contributed by atoms with van der Waals surface area (Å²) in [5, 5.41) is 3.08. The normalized spacial score (nSPS) is 12.4. The van der Waals surface area contributed by atoms with Gasteiger partial charge in [-0.15, -0.1) is 0 Å². The number of halogens is 1. The van der Waals surface area contributed by atoms with E-state index in [1.54, 1.807) is 0 Å². The molecule has 0 radical (unpaired) electrons. The molecule has 0 unspecified atom stereocenters. The Hall–Kier alpha value is -0.523. The van der Waals surface area contributed by atoms with Crippen molar-refractivity contribution in [1.29, 1.82) is 0 Å². The maximum Gasteiger partial charge on any atom is 0.501 e. The van der Waals surface area contributed by atoms with Gasteiger partial charge in [0.25, 0.3) is 0 Å². The van der Waals surface area contributed by atoms with Gasteiger partial charge in [0.1, 0.15) is 6.04 Å². The van der Waals surface area contributed by atoms with Crippen molar-refractivity contribution in [2.75, 3.05) is 60.1 Å². The molecule has 0 spiro atoms. The molecule has 0 saturated carbocycles. The minimum absolute atomic E-state index is 0. The van der Waals surface area contributed by atoms with E-state index >= 15 is 0 Å². The van der Waals surface area contributed by atoms with Gasteiger partial charge in [0.15, 0.2) is 0 Å². The summed E-state index contributed by atoms with van der Waals surface area (Å²) in [4.78, 5) is 28.8. The minimum atomic E-state index is -2.61. The third-order valence-electron chi connectivity index (χ3n) is 12.6. The average molecular weight is 963 g/mol. The van der Waals surface area contributed by atoms with E-state index in [0.717, 1.165) is 75.2 Å². The average Bonchev–Trinajstić information content (AvgIpc) is 3.22. The van der Waals surface area contributed by atoms with Crippen LogP contribution in [-0.2, 0) is 22.9 Å². The van der Waals surface area contributed by atoms with Gasteiger partial charge in [0, 0.05) is 51.8 Å². The number of rotatable bonds is 48. The summed E-state index contributed by atoms with van der Waals surface area (Å²) >= 11 is 0. The first-order chi connectivity index (χ1) is 29.6. The van der Waals surface area contributed by atoms with E-state index in [-0.39, 0.29) is 28.8 Å². The highest BCUT2D eigenvalue weighted by molar-refractivity contribution is 6.60. The Balaban J connectivity index is 0. The van der Waals surface area contributed by atoms with Gasteiger partial charge in [-0.3, -0.25) is 9.59 Å². The summed E-state index contributed by atoms with van der Waals surface area (Å²) in [6.07, 6.45) is 41.8. The van der Waals surface area contributed by atoms with Crippen LogP contribution in [0.4, 0.5) is 0 Å². The predicted octanol–water partition coefficient (Wildman–Crippen LogP) is 11.4. The number of quaternary nitrogens is 1. The fourth-order valence-corrected chi connectivity index (χ4v) is 11.4. The number of unbranched alkanes of at least 4 members (excludes halogenated alkanes) is 28. The number of nitrogens with zero attached hydrogens (tertiary/aromatic N) is 2. The first-order valence-corrected chi connectivity index (χ1v) is 28.8. The van der Waals surface area contributed by atoms with Crippen molar-refractivity contribution in [1.82, 2.24) is 10.2 Å². The second-order valence-electron chi connectivity index (χ2n) is 19.1. The molecule has 0 aromatic rings. The zero-order chi connectivity index (χ0) is 45.1. The lowest BCUT2D eigenvalue weighted by molar-refractivity contribution is -0.890. The zero-order valence-electron chi connectivity index (χ0n) is 42.9.